The molecule has 0 aliphatic heterocycles. The third-order valence-corrected chi connectivity index (χ3v) is 4.05. The van der Waals surface area contributed by atoms with E-state index in [1.165, 1.54) is 18.4 Å². The van der Waals surface area contributed by atoms with E-state index >= 15 is 0 Å². The molecule has 2 rings (SSSR count). The Bertz CT molecular complexity index is 440. The Kier molecular flexibility index (Phi) is 4.43. The molecule has 1 aliphatic rings. The Balaban J connectivity index is 2.20. The molecule has 4 heteroatoms. The van der Waals surface area contributed by atoms with E-state index in [4.69, 9.17) is 10.5 Å². The van der Waals surface area contributed by atoms with Gasteiger partial charge in [-0.3, -0.25) is 4.79 Å². The summed E-state index contributed by atoms with van der Waals surface area (Å²) in [6.07, 6.45) is 4.61. The maximum atomic E-state index is 11.4. The number of nitrogens with two attached hydrogens (primary N) is 1. The first-order chi connectivity index (χ1) is 9.20. The fraction of sp³-hybridized carbons (Fsp3) is 0.533. The molecule has 4 nitrogen and oxygen atoms in total. The summed E-state index contributed by atoms with van der Waals surface area (Å²) in [4.78, 5) is 11.4. The summed E-state index contributed by atoms with van der Waals surface area (Å²) in [5.41, 5.74) is 6.64. The molecule has 0 heterocycles. The van der Waals surface area contributed by atoms with E-state index in [9.17, 15) is 4.79 Å². The van der Waals surface area contributed by atoms with Gasteiger partial charge >= 0.3 is 0 Å². The molecule has 104 valence electrons. The van der Waals surface area contributed by atoms with E-state index in [1.807, 2.05) is 12.1 Å². The van der Waals surface area contributed by atoms with Crippen molar-refractivity contribution in [3.8, 4) is 5.75 Å². The Labute approximate surface area is 114 Å². The number of ether oxygens (including phenoxy) is 1. The molecule has 1 fully saturated rings. The van der Waals surface area contributed by atoms with Gasteiger partial charge in [0.2, 0.25) is 5.91 Å². The molecule has 0 atom stereocenters. The van der Waals surface area contributed by atoms with Crippen LogP contribution in [0.3, 0.4) is 0 Å². The first-order valence-corrected chi connectivity index (χ1v) is 6.81. The maximum absolute atomic E-state index is 11.4. The van der Waals surface area contributed by atoms with Crippen LogP contribution in [0.15, 0.2) is 24.3 Å². The Morgan fingerprint density at radius 3 is 2.79 bits per heavy atom. The normalized spacial score (nSPS) is 17.2. The minimum atomic E-state index is -0.0887. The number of nitrogens with one attached hydrogen (secondary N) is 1. The maximum Gasteiger partial charge on any atom is 0.233 e. The number of methoxy groups -OCH3 is 1. The molecule has 19 heavy (non-hydrogen) atoms. The Morgan fingerprint density at radius 1 is 1.42 bits per heavy atom. The van der Waals surface area contributed by atoms with E-state index in [1.54, 1.807) is 7.11 Å². The molecular weight excluding hydrogens is 240 g/mol. The highest BCUT2D eigenvalue weighted by Crippen LogP contribution is 2.41. The molecule has 1 amide bonds. The molecule has 0 saturated heterocycles. The lowest BCUT2D eigenvalue weighted by Crippen LogP contribution is -2.41. The van der Waals surface area contributed by atoms with Crippen molar-refractivity contribution < 1.29 is 9.53 Å². The van der Waals surface area contributed by atoms with Gasteiger partial charge in [0.15, 0.2) is 0 Å². The average Bonchev–Trinajstić information content (AvgIpc) is 2.95. The van der Waals surface area contributed by atoms with Gasteiger partial charge in [-0.25, -0.2) is 0 Å². The molecule has 0 unspecified atom stereocenters. The summed E-state index contributed by atoms with van der Waals surface area (Å²) in [5.74, 6) is 0.781. The van der Waals surface area contributed by atoms with Crippen molar-refractivity contribution in [2.75, 3.05) is 20.2 Å². The van der Waals surface area contributed by atoms with E-state index in [0.717, 1.165) is 18.6 Å². The summed E-state index contributed by atoms with van der Waals surface area (Å²) in [7, 11) is 1.68. The van der Waals surface area contributed by atoms with Crippen molar-refractivity contribution in [2.24, 2.45) is 5.73 Å². The number of rotatable bonds is 5. The van der Waals surface area contributed by atoms with Gasteiger partial charge in [-0.2, -0.15) is 0 Å². The van der Waals surface area contributed by atoms with Gasteiger partial charge in [-0.1, -0.05) is 25.0 Å². The van der Waals surface area contributed by atoms with E-state index in [0.29, 0.717) is 6.54 Å². The fourth-order valence-corrected chi connectivity index (χ4v) is 2.91. The zero-order chi connectivity index (χ0) is 13.7. The van der Waals surface area contributed by atoms with Gasteiger partial charge in [0.1, 0.15) is 5.75 Å². The highest BCUT2D eigenvalue weighted by atomic mass is 16.5. The van der Waals surface area contributed by atoms with E-state index in [-0.39, 0.29) is 17.9 Å². The van der Waals surface area contributed by atoms with Crippen LogP contribution in [0.2, 0.25) is 0 Å². The van der Waals surface area contributed by atoms with Crippen LogP contribution < -0.4 is 15.8 Å². The van der Waals surface area contributed by atoms with Gasteiger partial charge in [-0.05, 0) is 30.5 Å². The smallest absolute Gasteiger partial charge is 0.233 e. The van der Waals surface area contributed by atoms with E-state index in [2.05, 4.69) is 17.4 Å². The van der Waals surface area contributed by atoms with Crippen LogP contribution in [0, 0.1) is 0 Å². The number of benzene rings is 1. The first-order valence-electron chi connectivity index (χ1n) is 6.81. The number of hydrogen-bond donors (Lipinski definition) is 2. The topological polar surface area (TPSA) is 64.3 Å². The lowest BCUT2D eigenvalue weighted by atomic mass is 9.78. The highest BCUT2D eigenvalue weighted by molar-refractivity contribution is 5.77. The minimum Gasteiger partial charge on any atom is -0.497 e. The molecule has 1 aromatic carbocycles. The van der Waals surface area contributed by atoms with Crippen LogP contribution in [-0.2, 0) is 10.2 Å². The van der Waals surface area contributed by atoms with Gasteiger partial charge in [0, 0.05) is 12.0 Å². The van der Waals surface area contributed by atoms with Gasteiger partial charge in [-0.15, -0.1) is 0 Å². The molecule has 1 aliphatic carbocycles. The van der Waals surface area contributed by atoms with E-state index < -0.39 is 0 Å². The van der Waals surface area contributed by atoms with Crippen LogP contribution in [0.1, 0.15) is 31.2 Å². The summed E-state index contributed by atoms with van der Waals surface area (Å²) in [6.45, 7) is 0.713. The predicted molar refractivity (Wildman–Crippen MR) is 75.2 cm³/mol. The van der Waals surface area contributed by atoms with Crippen LogP contribution in [0.25, 0.3) is 0 Å². The number of carbonyl (C=O) groups is 1. The van der Waals surface area contributed by atoms with Crippen LogP contribution in [0.5, 0.6) is 5.75 Å². The third-order valence-electron chi connectivity index (χ3n) is 4.05. The summed E-state index contributed by atoms with van der Waals surface area (Å²) in [6, 6.07) is 8.17. The number of carbonyl (C=O) groups excluding carboxylic acids is 1. The number of amides is 1. The van der Waals surface area contributed by atoms with Crippen molar-refractivity contribution in [3.05, 3.63) is 29.8 Å². The van der Waals surface area contributed by atoms with Crippen molar-refractivity contribution >= 4 is 5.91 Å². The molecule has 1 aromatic rings. The molecule has 0 radical (unpaired) electrons. The Morgan fingerprint density at radius 2 is 2.16 bits per heavy atom. The molecule has 1 saturated carbocycles. The summed E-state index contributed by atoms with van der Waals surface area (Å²) < 4.78 is 5.30. The average molecular weight is 262 g/mol. The molecule has 3 N–H and O–H groups in total. The quantitative estimate of drug-likeness (QED) is 0.847. The largest absolute Gasteiger partial charge is 0.497 e. The molecular formula is C15H22N2O2. The Hall–Kier alpha value is -1.55. The zero-order valence-corrected chi connectivity index (χ0v) is 11.4. The standard InChI is InChI=1S/C15H22N2O2/c1-19-13-6-4-5-12(9-13)15(7-2-3-8-15)11-17-14(18)10-16/h4-6,9H,2-3,7-8,10-11,16H2,1H3,(H,17,18). The minimum absolute atomic E-state index is 0.0410. The van der Waals surface area contributed by atoms with Gasteiger partial charge in [0.05, 0.1) is 13.7 Å². The lowest BCUT2D eigenvalue weighted by molar-refractivity contribution is -0.120. The second-order valence-electron chi connectivity index (χ2n) is 5.20. The van der Waals surface area contributed by atoms with Gasteiger partial charge in [0.25, 0.3) is 0 Å². The highest BCUT2D eigenvalue weighted by Gasteiger charge is 2.36. The first kappa shape index (κ1) is 13.9. The lowest BCUT2D eigenvalue weighted by Gasteiger charge is -2.30. The number of hydrogen-bond acceptors (Lipinski definition) is 3. The van der Waals surface area contributed by atoms with Crippen molar-refractivity contribution in [3.63, 3.8) is 0 Å². The van der Waals surface area contributed by atoms with Crippen LogP contribution >= 0.6 is 0 Å². The van der Waals surface area contributed by atoms with Crippen LogP contribution in [-0.4, -0.2) is 26.1 Å². The van der Waals surface area contributed by atoms with Crippen molar-refractivity contribution in [1.82, 2.24) is 5.32 Å². The summed E-state index contributed by atoms with van der Waals surface area (Å²) >= 11 is 0. The monoisotopic (exact) mass is 262 g/mol. The second kappa shape index (κ2) is 6.06. The summed E-state index contributed by atoms with van der Waals surface area (Å²) in [5, 5.41) is 2.95. The molecule has 0 bridgehead atoms. The fourth-order valence-electron chi connectivity index (χ4n) is 2.91. The van der Waals surface area contributed by atoms with Gasteiger partial charge < -0.3 is 15.8 Å². The molecule has 0 aromatic heterocycles. The zero-order valence-electron chi connectivity index (χ0n) is 11.4. The van der Waals surface area contributed by atoms with Crippen molar-refractivity contribution in [2.45, 2.75) is 31.1 Å². The predicted octanol–water partition coefficient (Wildman–Crippen LogP) is 1.58. The molecule has 0 spiro atoms. The van der Waals surface area contributed by atoms with Crippen LogP contribution in [0.4, 0.5) is 0 Å². The third kappa shape index (κ3) is 3.07. The van der Waals surface area contributed by atoms with Crippen molar-refractivity contribution in [1.29, 1.82) is 0 Å². The SMILES string of the molecule is COc1cccc(C2(CNC(=O)CN)CCCC2)c1. The second-order valence-corrected chi connectivity index (χ2v) is 5.20.